The molecule has 1 aliphatic carbocycles. The normalized spacial score (nSPS) is 24.7. The van der Waals surface area contributed by atoms with Gasteiger partial charge < -0.3 is 9.33 Å². The molecular weight excluding hydrogens is 508 g/mol. The van der Waals surface area contributed by atoms with E-state index in [-0.39, 0.29) is 26.4 Å². The highest BCUT2D eigenvalue weighted by atomic mass is 79.9. The van der Waals surface area contributed by atoms with E-state index in [2.05, 4.69) is 64.7 Å². The van der Waals surface area contributed by atoms with Gasteiger partial charge in [-0.05, 0) is 70.5 Å². The summed E-state index contributed by atoms with van der Waals surface area (Å²) in [5, 5.41) is 1.11. The van der Waals surface area contributed by atoms with Crippen LogP contribution in [0.5, 0.6) is 0 Å². The number of piperidine rings is 1. The predicted molar refractivity (Wildman–Crippen MR) is 128 cm³/mol. The molecule has 30 heavy (non-hydrogen) atoms. The van der Waals surface area contributed by atoms with Gasteiger partial charge in [0.15, 0.2) is 14.1 Å². The van der Waals surface area contributed by atoms with Crippen LogP contribution in [0.3, 0.4) is 0 Å². The van der Waals surface area contributed by atoms with Crippen molar-refractivity contribution < 1.29 is 8.82 Å². The third-order valence-electron chi connectivity index (χ3n) is 6.99. The first-order valence-electron chi connectivity index (χ1n) is 10.3. The molecule has 1 saturated heterocycles. The van der Waals surface area contributed by atoms with E-state index in [1.165, 1.54) is 0 Å². The summed E-state index contributed by atoms with van der Waals surface area (Å²) in [6.45, 7) is 13.1. The number of benzene rings is 1. The van der Waals surface area contributed by atoms with Gasteiger partial charge in [0.1, 0.15) is 11.3 Å². The number of hydrogen-bond acceptors (Lipinski definition) is 4. The summed E-state index contributed by atoms with van der Waals surface area (Å²) in [5.41, 5.74) is 0.188. The molecule has 1 saturated carbocycles. The lowest BCUT2D eigenvalue weighted by atomic mass is 9.98. The Hall–Kier alpha value is -0.473. The summed E-state index contributed by atoms with van der Waals surface area (Å²) in [5.74, 6) is 1.10. The van der Waals surface area contributed by atoms with Gasteiger partial charge in [-0.15, -0.1) is 0 Å². The van der Waals surface area contributed by atoms with Crippen molar-refractivity contribution in [3.63, 3.8) is 0 Å². The van der Waals surface area contributed by atoms with Crippen molar-refractivity contribution in [1.82, 2.24) is 9.97 Å². The van der Waals surface area contributed by atoms with E-state index in [9.17, 15) is 4.39 Å². The zero-order valence-electron chi connectivity index (χ0n) is 17.9. The maximum Gasteiger partial charge on any atom is 0.225 e. The number of aromatic nitrogens is 2. The maximum atomic E-state index is 14.8. The Morgan fingerprint density at radius 2 is 1.90 bits per heavy atom. The highest BCUT2D eigenvalue weighted by Crippen LogP contribution is 2.46. The van der Waals surface area contributed by atoms with Gasteiger partial charge in [0.2, 0.25) is 5.28 Å². The second kappa shape index (κ2) is 7.83. The van der Waals surface area contributed by atoms with Crippen LogP contribution < -0.4 is 4.90 Å². The topological polar surface area (TPSA) is 38.2 Å². The standard InChI is InChI=1S/C21H27BrCl2FN3OSi/c1-21(2,3)30(4,5)29-15-7-11-6-12(15)10-28(9-11)19-13-8-14(23)16(22)17(25)18(13)26-20(24)27-19/h8,11-12,15H,6-7,9-10H2,1-5H3/t11-,12-,15+/m0/s1. The number of halogens is 4. The molecule has 3 atom stereocenters. The van der Waals surface area contributed by atoms with Gasteiger partial charge in [-0.3, -0.25) is 0 Å². The van der Waals surface area contributed by atoms with Crippen LogP contribution in [0.25, 0.3) is 10.9 Å². The Kier molecular flexibility index (Phi) is 5.93. The minimum Gasteiger partial charge on any atom is -0.414 e. The summed E-state index contributed by atoms with van der Waals surface area (Å²) in [6, 6.07) is 1.72. The predicted octanol–water partition coefficient (Wildman–Crippen LogP) is 7.07. The minimum absolute atomic E-state index is 0.0395. The van der Waals surface area contributed by atoms with Crippen molar-refractivity contribution in [2.45, 2.75) is 57.8 Å². The molecule has 1 aromatic carbocycles. The molecule has 0 unspecified atom stereocenters. The van der Waals surface area contributed by atoms with Crippen molar-refractivity contribution in [2.75, 3.05) is 18.0 Å². The second-order valence-corrected chi connectivity index (χ2v) is 16.4. The Morgan fingerprint density at radius 3 is 2.57 bits per heavy atom. The fourth-order valence-electron chi connectivity index (χ4n) is 4.45. The van der Waals surface area contributed by atoms with E-state index in [4.69, 9.17) is 27.6 Å². The van der Waals surface area contributed by atoms with Gasteiger partial charge in [-0.25, -0.2) is 9.37 Å². The Balaban J connectivity index is 1.66. The molecule has 2 bridgehead atoms. The molecule has 0 spiro atoms. The lowest BCUT2D eigenvalue weighted by molar-refractivity contribution is 0.145. The van der Waals surface area contributed by atoms with Crippen LogP contribution in [0.4, 0.5) is 10.2 Å². The van der Waals surface area contributed by atoms with Crippen molar-refractivity contribution >= 4 is 64.2 Å². The van der Waals surface area contributed by atoms with E-state index in [1.54, 1.807) is 6.07 Å². The first-order chi connectivity index (χ1) is 13.9. The molecule has 0 N–H and O–H groups in total. The average Bonchev–Trinajstić information content (AvgIpc) is 2.91. The molecule has 2 aromatic rings. The van der Waals surface area contributed by atoms with Crippen LogP contribution in [0.1, 0.15) is 33.6 Å². The van der Waals surface area contributed by atoms with Gasteiger partial charge >= 0.3 is 0 Å². The summed E-state index contributed by atoms with van der Waals surface area (Å²) in [6.07, 6.45) is 2.48. The molecule has 4 nitrogen and oxygen atoms in total. The van der Waals surface area contributed by atoms with E-state index in [0.717, 1.165) is 25.9 Å². The third kappa shape index (κ3) is 4.01. The SMILES string of the molecule is CC(C)(C)[Si](C)(C)O[C@@H]1C[C@@H]2C[C@H]1CN(c1nc(Cl)nc3c(F)c(Br)c(Cl)cc13)C2. The largest absolute Gasteiger partial charge is 0.414 e. The molecule has 1 aromatic heterocycles. The Morgan fingerprint density at radius 1 is 1.20 bits per heavy atom. The smallest absolute Gasteiger partial charge is 0.225 e. The van der Waals surface area contributed by atoms with Crippen LogP contribution in [0.2, 0.25) is 28.4 Å². The van der Waals surface area contributed by atoms with E-state index >= 15 is 0 Å². The van der Waals surface area contributed by atoms with Gasteiger partial charge in [-0.1, -0.05) is 32.4 Å². The number of nitrogens with zero attached hydrogens (tertiary/aromatic N) is 3. The zero-order valence-corrected chi connectivity index (χ0v) is 22.0. The van der Waals surface area contributed by atoms with Crippen molar-refractivity contribution in [2.24, 2.45) is 11.8 Å². The van der Waals surface area contributed by atoms with Crippen molar-refractivity contribution in [3.8, 4) is 0 Å². The quantitative estimate of drug-likeness (QED) is 0.239. The first kappa shape index (κ1) is 22.7. The molecule has 2 aliphatic rings. The third-order valence-corrected chi connectivity index (χ3v) is 13.0. The molecule has 4 rings (SSSR count). The monoisotopic (exact) mass is 533 g/mol. The summed E-state index contributed by atoms with van der Waals surface area (Å²) < 4.78 is 21.8. The molecule has 164 valence electrons. The zero-order chi connectivity index (χ0) is 22.0. The molecule has 1 aliphatic heterocycles. The molecule has 0 radical (unpaired) electrons. The van der Waals surface area contributed by atoms with Crippen LogP contribution in [-0.4, -0.2) is 37.5 Å². The summed E-state index contributed by atoms with van der Waals surface area (Å²) >= 11 is 15.6. The van der Waals surface area contributed by atoms with Gasteiger partial charge in [0.05, 0.1) is 9.50 Å². The maximum absolute atomic E-state index is 14.8. The number of anilines is 1. The van der Waals surface area contributed by atoms with Crippen LogP contribution in [-0.2, 0) is 4.43 Å². The minimum atomic E-state index is -1.84. The van der Waals surface area contributed by atoms with Gasteiger partial charge in [-0.2, -0.15) is 4.98 Å². The fourth-order valence-corrected chi connectivity index (χ4v) is 6.51. The lowest BCUT2D eigenvalue weighted by Gasteiger charge is -2.40. The molecule has 9 heteroatoms. The van der Waals surface area contributed by atoms with Crippen molar-refractivity contribution in [1.29, 1.82) is 0 Å². The van der Waals surface area contributed by atoms with Gasteiger partial charge in [0, 0.05) is 30.5 Å². The Bertz CT molecular complexity index is 1000. The van der Waals surface area contributed by atoms with Crippen LogP contribution in [0, 0.1) is 17.7 Å². The fraction of sp³-hybridized carbons (Fsp3) is 0.619. The first-order valence-corrected chi connectivity index (χ1v) is 14.8. The number of fused-ring (bicyclic) bond motifs is 3. The summed E-state index contributed by atoms with van der Waals surface area (Å²) in [7, 11) is -1.84. The summed E-state index contributed by atoms with van der Waals surface area (Å²) in [4.78, 5) is 10.8. The highest BCUT2D eigenvalue weighted by molar-refractivity contribution is 9.10. The van der Waals surface area contributed by atoms with E-state index in [1.807, 2.05) is 0 Å². The molecule has 0 amide bonds. The molecule has 2 fully saturated rings. The Labute approximate surface area is 196 Å². The van der Waals surface area contributed by atoms with Crippen LogP contribution >= 0.6 is 39.1 Å². The number of hydrogen-bond donors (Lipinski definition) is 0. The van der Waals surface area contributed by atoms with Crippen LogP contribution in [0.15, 0.2) is 10.5 Å². The van der Waals surface area contributed by atoms with Gasteiger partial charge in [0.25, 0.3) is 0 Å². The lowest BCUT2D eigenvalue weighted by Crippen LogP contribution is -2.46. The average molecular weight is 535 g/mol. The van der Waals surface area contributed by atoms with E-state index < -0.39 is 14.1 Å². The number of rotatable bonds is 3. The highest BCUT2D eigenvalue weighted by Gasteiger charge is 2.46. The second-order valence-electron chi connectivity index (χ2n) is 10.1. The van der Waals surface area contributed by atoms with Crippen molar-refractivity contribution in [3.05, 3.63) is 26.7 Å². The van der Waals surface area contributed by atoms with E-state index in [0.29, 0.717) is 28.1 Å². The molecule has 2 heterocycles. The molecular formula is C21H27BrCl2FN3OSi.